The molecule has 0 radical (unpaired) electrons. The first-order chi connectivity index (χ1) is 15.1. The van der Waals surface area contributed by atoms with E-state index in [4.69, 9.17) is 4.84 Å². The average molecular weight is 415 g/mol. The van der Waals surface area contributed by atoms with Crippen LogP contribution < -0.4 is 5.48 Å². The summed E-state index contributed by atoms with van der Waals surface area (Å²) in [6.45, 7) is 0.224. The number of pyridine rings is 1. The summed E-state index contributed by atoms with van der Waals surface area (Å²) in [7, 11) is 0. The lowest BCUT2D eigenvalue weighted by atomic mass is 9.90. The molecule has 0 saturated carbocycles. The molecule has 1 amide bonds. The van der Waals surface area contributed by atoms with Crippen molar-refractivity contribution in [1.82, 2.24) is 10.5 Å². The first-order valence-corrected chi connectivity index (χ1v) is 10.1. The molecule has 0 aliphatic heterocycles. The zero-order chi connectivity index (χ0) is 21.8. The maximum Gasteiger partial charge on any atom is 0.246 e. The molecule has 0 saturated heterocycles. The number of hydrogen-bond donors (Lipinski definition) is 2. The van der Waals surface area contributed by atoms with Gasteiger partial charge >= 0.3 is 0 Å². The predicted octanol–water partition coefficient (Wildman–Crippen LogP) is 4.22. The van der Waals surface area contributed by atoms with Gasteiger partial charge in [0.1, 0.15) is 0 Å². The van der Waals surface area contributed by atoms with Crippen molar-refractivity contribution < 1.29 is 14.7 Å². The fraction of sp³-hybridized carbons (Fsp3) is 0.154. The molecule has 0 bridgehead atoms. The molecular formula is C26H26N2O3. The number of nitrogens with zero attached hydrogens (tertiary/aromatic N) is 1. The molecule has 1 unspecified atom stereocenters. The van der Waals surface area contributed by atoms with Crippen LogP contribution >= 0.6 is 0 Å². The molecule has 1 heterocycles. The second-order valence-corrected chi connectivity index (χ2v) is 7.21. The fourth-order valence-electron chi connectivity index (χ4n) is 3.08. The normalized spacial score (nSPS) is 13.3. The Hall–Kier alpha value is -3.54. The molecule has 5 nitrogen and oxygen atoms in total. The van der Waals surface area contributed by atoms with Crippen LogP contribution in [0.3, 0.4) is 0 Å². The molecule has 1 aromatic heterocycles. The van der Waals surface area contributed by atoms with Gasteiger partial charge in [-0.25, -0.2) is 5.48 Å². The number of aliphatic hydroxyl groups is 1. The topological polar surface area (TPSA) is 71.5 Å². The summed E-state index contributed by atoms with van der Waals surface area (Å²) >= 11 is 0. The number of carbonyl (C=O) groups excluding carboxylic acids is 1. The molecule has 0 aliphatic rings. The number of aromatic nitrogens is 1. The Bertz CT molecular complexity index is 989. The lowest BCUT2D eigenvalue weighted by Crippen LogP contribution is -2.37. The number of hydroxylamine groups is 1. The first-order valence-electron chi connectivity index (χ1n) is 10.1. The maximum atomic E-state index is 12.4. The quantitative estimate of drug-likeness (QED) is 0.385. The SMILES string of the molecule is O=C(CC(O)(C=Cc1ccccc1)Cc1cccnc1)NOCC=Cc1ccccc1. The van der Waals surface area contributed by atoms with Crippen molar-refractivity contribution >= 4 is 18.1 Å². The van der Waals surface area contributed by atoms with E-state index in [1.54, 1.807) is 24.5 Å². The largest absolute Gasteiger partial charge is 0.385 e. The van der Waals surface area contributed by atoms with E-state index >= 15 is 0 Å². The summed E-state index contributed by atoms with van der Waals surface area (Å²) in [5, 5.41) is 11.2. The highest BCUT2D eigenvalue weighted by molar-refractivity contribution is 5.76. The molecule has 0 aliphatic carbocycles. The Morgan fingerprint density at radius 3 is 2.29 bits per heavy atom. The van der Waals surface area contributed by atoms with Crippen molar-refractivity contribution in [3.8, 4) is 0 Å². The number of amides is 1. The second kappa shape index (κ2) is 11.6. The summed E-state index contributed by atoms with van der Waals surface area (Å²) in [5.74, 6) is -0.405. The van der Waals surface area contributed by atoms with Gasteiger partial charge in [0.25, 0.3) is 0 Å². The van der Waals surface area contributed by atoms with Gasteiger partial charge in [0.2, 0.25) is 5.91 Å². The predicted molar refractivity (Wildman–Crippen MR) is 123 cm³/mol. The molecule has 31 heavy (non-hydrogen) atoms. The minimum Gasteiger partial charge on any atom is -0.385 e. The van der Waals surface area contributed by atoms with Crippen LogP contribution in [0, 0.1) is 0 Å². The maximum absolute atomic E-state index is 12.4. The van der Waals surface area contributed by atoms with Crippen molar-refractivity contribution in [3.05, 3.63) is 114 Å². The highest BCUT2D eigenvalue weighted by Gasteiger charge is 2.28. The lowest BCUT2D eigenvalue weighted by Gasteiger charge is -2.24. The smallest absolute Gasteiger partial charge is 0.246 e. The summed E-state index contributed by atoms with van der Waals surface area (Å²) in [4.78, 5) is 21.8. The Kier molecular flexibility index (Phi) is 8.29. The zero-order valence-corrected chi connectivity index (χ0v) is 17.2. The molecule has 1 atom stereocenters. The summed E-state index contributed by atoms with van der Waals surface area (Å²) in [6, 6.07) is 23.1. The van der Waals surface area contributed by atoms with E-state index in [-0.39, 0.29) is 19.4 Å². The summed E-state index contributed by atoms with van der Waals surface area (Å²) < 4.78 is 0. The second-order valence-electron chi connectivity index (χ2n) is 7.21. The lowest BCUT2D eigenvalue weighted by molar-refractivity contribution is -0.136. The van der Waals surface area contributed by atoms with Crippen LogP contribution in [0.15, 0.2) is 97.3 Å². The van der Waals surface area contributed by atoms with Crippen LogP contribution in [0.5, 0.6) is 0 Å². The number of nitrogens with one attached hydrogen (secondary N) is 1. The minimum absolute atomic E-state index is 0.145. The van der Waals surface area contributed by atoms with E-state index in [2.05, 4.69) is 10.5 Å². The highest BCUT2D eigenvalue weighted by atomic mass is 16.6. The number of benzene rings is 2. The summed E-state index contributed by atoms with van der Waals surface area (Å²) in [5.41, 5.74) is 3.85. The Labute approximate surface area is 182 Å². The third-order valence-corrected chi connectivity index (χ3v) is 4.56. The zero-order valence-electron chi connectivity index (χ0n) is 17.2. The molecule has 0 spiro atoms. The molecule has 5 heteroatoms. The number of rotatable bonds is 10. The molecule has 158 valence electrons. The van der Waals surface area contributed by atoms with Crippen molar-refractivity contribution in [2.24, 2.45) is 0 Å². The van der Waals surface area contributed by atoms with Crippen LogP contribution in [0.25, 0.3) is 12.2 Å². The van der Waals surface area contributed by atoms with E-state index in [0.29, 0.717) is 0 Å². The number of carbonyl (C=O) groups is 1. The van der Waals surface area contributed by atoms with E-state index in [1.807, 2.05) is 85.0 Å². The van der Waals surface area contributed by atoms with Gasteiger partial charge < -0.3 is 5.11 Å². The Morgan fingerprint density at radius 2 is 1.65 bits per heavy atom. The van der Waals surface area contributed by atoms with E-state index < -0.39 is 11.5 Å². The molecule has 0 fully saturated rings. The molecular weight excluding hydrogens is 388 g/mol. The van der Waals surface area contributed by atoms with Crippen LogP contribution in [0.4, 0.5) is 0 Å². The molecule has 3 aromatic rings. The van der Waals surface area contributed by atoms with Gasteiger partial charge in [-0.2, -0.15) is 0 Å². The fourth-order valence-corrected chi connectivity index (χ4v) is 3.08. The third-order valence-electron chi connectivity index (χ3n) is 4.56. The van der Waals surface area contributed by atoms with Crippen LogP contribution in [-0.4, -0.2) is 28.2 Å². The average Bonchev–Trinajstić information content (AvgIpc) is 2.79. The van der Waals surface area contributed by atoms with Crippen LogP contribution in [0.1, 0.15) is 23.1 Å². The van der Waals surface area contributed by atoms with E-state index in [0.717, 1.165) is 16.7 Å². The molecule has 3 rings (SSSR count). The van der Waals surface area contributed by atoms with Crippen molar-refractivity contribution in [3.63, 3.8) is 0 Å². The van der Waals surface area contributed by atoms with Crippen LogP contribution in [-0.2, 0) is 16.1 Å². The summed E-state index contributed by atoms with van der Waals surface area (Å²) in [6.07, 6.45) is 10.7. The van der Waals surface area contributed by atoms with Gasteiger partial charge in [0.15, 0.2) is 0 Å². The monoisotopic (exact) mass is 414 g/mol. The first kappa shape index (κ1) is 22.2. The van der Waals surface area contributed by atoms with Crippen molar-refractivity contribution in [2.75, 3.05) is 6.61 Å². The van der Waals surface area contributed by atoms with E-state index in [9.17, 15) is 9.90 Å². The molecule has 2 N–H and O–H groups in total. The van der Waals surface area contributed by atoms with E-state index in [1.165, 1.54) is 0 Å². The minimum atomic E-state index is -1.38. The highest BCUT2D eigenvalue weighted by Crippen LogP contribution is 2.21. The number of hydrogen-bond acceptors (Lipinski definition) is 4. The third kappa shape index (κ3) is 8.01. The van der Waals surface area contributed by atoms with Crippen LogP contribution in [0.2, 0.25) is 0 Å². The van der Waals surface area contributed by atoms with Crippen molar-refractivity contribution in [1.29, 1.82) is 0 Å². The molecule has 2 aromatic carbocycles. The van der Waals surface area contributed by atoms with Gasteiger partial charge in [-0.05, 0) is 22.8 Å². The van der Waals surface area contributed by atoms with Gasteiger partial charge in [0, 0.05) is 18.8 Å². The Balaban J connectivity index is 1.58. The van der Waals surface area contributed by atoms with Crippen molar-refractivity contribution in [2.45, 2.75) is 18.4 Å². The standard InChI is InChI=1S/C26H26N2O3/c29-25(28-31-18-8-14-22-9-3-1-4-10-22)20-26(30,19-24-13-7-17-27-21-24)16-15-23-11-5-2-6-12-23/h1-17,21,30H,18-20H2,(H,28,29). The van der Waals surface area contributed by atoms with Gasteiger partial charge in [-0.1, -0.05) is 91.0 Å². The van der Waals surface area contributed by atoms with Gasteiger partial charge in [-0.15, -0.1) is 0 Å². The van der Waals surface area contributed by atoms with Gasteiger partial charge in [0.05, 0.1) is 18.6 Å². The van der Waals surface area contributed by atoms with Gasteiger partial charge in [-0.3, -0.25) is 14.6 Å². The Morgan fingerprint density at radius 1 is 0.968 bits per heavy atom.